The molecule has 0 saturated carbocycles. The number of anilines is 1. The molecule has 0 radical (unpaired) electrons. The summed E-state index contributed by atoms with van der Waals surface area (Å²) in [5, 5.41) is 11.4. The first-order chi connectivity index (χ1) is 14.3. The predicted octanol–water partition coefficient (Wildman–Crippen LogP) is 4.45. The fraction of sp³-hybridized carbons (Fsp3) is 0.200. The van der Waals surface area contributed by atoms with Crippen molar-refractivity contribution in [1.82, 2.24) is 0 Å². The van der Waals surface area contributed by atoms with E-state index < -0.39 is 29.5 Å². The number of hydrogen-bond acceptors (Lipinski definition) is 3. The molecule has 0 bridgehead atoms. The second-order valence-corrected chi connectivity index (χ2v) is 7.81. The Hall–Kier alpha value is -3.31. The summed E-state index contributed by atoms with van der Waals surface area (Å²) in [5.41, 5.74) is 2.46. The van der Waals surface area contributed by atoms with Crippen molar-refractivity contribution in [3.8, 4) is 0 Å². The van der Waals surface area contributed by atoms with Gasteiger partial charge in [-0.15, -0.1) is 0 Å². The summed E-state index contributed by atoms with van der Waals surface area (Å²) < 4.78 is 13.2. The number of fused-ring (bicyclic) bond motifs is 1. The van der Waals surface area contributed by atoms with Gasteiger partial charge in [0.05, 0.1) is 18.7 Å². The lowest BCUT2D eigenvalue weighted by atomic mass is 9.88. The summed E-state index contributed by atoms with van der Waals surface area (Å²) in [5.74, 6) is -1.40. The SMILES string of the molecule is Cc1ccc(CN2C(=O)[C@@](O)(CC(=O)c3ccc(F)cc3)c3ccccc32)c(C)c1. The van der Waals surface area contributed by atoms with Gasteiger partial charge in [-0.2, -0.15) is 0 Å². The van der Waals surface area contributed by atoms with E-state index in [9.17, 15) is 19.1 Å². The van der Waals surface area contributed by atoms with E-state index >= 15 is 0 Å². The van der Waals surface area contributed by atoms with E-state index in [2.05, 4.69) is 0 Å². The van der Waals surface area contributed by atoms with Gasteiger partial charge in [-0.25, -0.2) is 4.39 Å². The molecule has 1 heterocycles. The van der Waals surface area contributed by atoms with Gasteiger partial charge in [0.15, 0.2) is 11.4 Å². The van der Waals surface area contributed by atoms with Gasteiger partial charge in [0.25, 0.3) is 5.91 Å². The third-order valence-corrected chi connectivity index (χ3v) is 5.65. The molecular weight excluding hydrogens is 381 g/mol. The largest absolute Gasteiger partial charge is 0.375 e. The highest BCUT2D eigenvalue weighted by atomic mass is 19.1. The van der Waals surface area contributed by atoms with Gasteiger partial charge in [0, 0.05) is 11.1 Å². The minimum Gasteiger partial charge on any atom is -0.375 e. The Bertz CT molecular complexity index is 1140. The van der Waals surface area contributed by atoms with Gasteiger partial charge in [-0.1, -0.05) is 42.0 Å². The van der Waals surface area contributed by atoms with Gasteiger partial charge in [-0.05, 0) is 55.3 Å². The number of aliphatic hydroxyl groups is 1. The highest BCUT2D eigenvalue weighted by Gasteiger charge is 2.50. The molecule has 0 aromatic heterocycles. The lowest BCUT2D eigenvalue weighted by Gasteiger charge is -2.23. The summed E-state index contributed by atoms with van der Waals surface area (Å²) in [7, 11) is 0. The minimum atomic E-state index is -1.96. The number of rotatable bonds is 5. The van der Waals surface area contributed by atoms with E-state index in [4.69, 9.17) is 0 Å². The second-order valence-electron chi connectivity index (χ2n) is 7.81. The molecule has 1 aliphatic heterocycles. The smallest absolute Gasteiger partial charge is 0.264 e. The summed E-state index contributed by atoms with van der Waals surface area (Å²) in [6.07, 6.45) is -0.405. The van der Waals surface area contributed by atoms with Crippen LogP contribution in [-0.2, 0) is 16.9 Å². The van der Waals surface area contributed by atoms with Crippen LogP contribution in [0.5, 0.6) is 0 Å². The van der Waals surface area contributed by atoms with E-state index in [0.29, 0.717) is 17.8 Å². The van der Waals surface area contributed by atoms with Crippen molar-refractivity contribution in [1.29, 1.82) is 0 Å². The zero-order valence-electron chi connectivity index (χ0n) is 16.9. The van der Waals surface area contributed by atoms with E-state index in [1.54, 1.807) is 24.3 Å². The summed E-state index contributed by atoms with van der Waals surface area (Å²) in [6, 6.07) is 18.1. The van der Waals surface area contributed by atoms with Crippen molar-refractivity contribution in [3.05, 3.63) is 100 Å². The lowest BCUT2D eigenvalue weighted by molar-refractivity contribution is -0.136. The molecule has 4 rings (SSSR count). The molecule has 152 valence electrons. The highest BCUT2D eigenvalue weighted by Crippen LogP contribution is 2.43. The first-order valence-corrected chi connectivity index (χ1v) is 9.78. The fourth-order valence-corrected chi connectivity index (χ4v) is 4.00. The number of benzene rings is 3. The van der Waals surface area contributed by atoms with Crippen LogP contribution in [0.1, 0.15) is 39.0 Å². The molecule has 4 nitrogen and oxygen atoms in total. The molecule has 0 aliphatic carbocycles. The first-order valence-electron chi connectivity index (χ1n) is 9.78. The molecular formula is C25H22FNO3. The lowest BCUT2D eigenvalue weighted by Crippen LogP contribution is -2.41. The molecule has 3 aromatic rings. The van der Waals surface area contributed by atoms with Crippen molar-refractivity contribution in [3.63, 3.8) is 0 Å². The zero-order valence-corrected chi connectivity index (χ0v) is 16.9. The molecule has 5 heteroatoms. The normalized spacial score (nSPS) is 17.9. The van der Waals surface area contributed by atoms with Crippen LogP contribution in [0.4, 0.5) is 10.1 Å². The number of hydrogen-bond donors (Lipinski definition) is 1. The molecule has 1 amide bonds. The molecule has 1 N–H and O–H groups in total. The van der Waals surface area contributed by atoms with Crippen molar-refractivity contribution < 1.29 is 19.1 Å². The highest BCUT2D eigenvalue weighted by molar-refractivity contribution is 6.10. The Labute approximate surface area is 174 Å². The van der Waals surface area contributed by atoms with Crippen LogP contribution in [-0.4, -0.2) is 16.8 Å². The minimum absolute atomic E-state index is 0.253. The molecule has 0 spiro atoms. The van der Waals surface area contributed by atoms with Gasteiger partial charge in [0.2, 0.25) is 0 Å². The molecule has 3 aromatic carbocycles. The van der Waals surface area contributed by atoms with Crippen LogP contribution in [0, 0.1) is 19.7 Å². The number of carbonyl (C=O) groups excluding carboxylic acids is 2. The number of ketones is 1. The Balaban J connectivity index is 1.68. The fourth-order valence-electron chi connectivity index (χ4n) is 4.00. The number of para-hydroxylation sites is 1. The molecule has 1 aliphatic rings. The van der Waals surface area contributed by atoms with Crippen LogP contribution in [0.2, 0.25) is 0 Å². The first kappa shape index (κ1) is 20.0. The van der Waals surface area contributed by atoms with E-state index in [1.807, 2.05) is 32.0 Å². The van der Waals surface area contributed by atoms with Crippen LogP contribution < -0.4 is 4.90 Å². The molecule has 30 heavy (non-hydrogen) atoms. The number of Topliss-reactive ketones (excluding diaryl/α,β-unsaturated/α-hetero) is 1. The average Bonchev–Trinajstić information content (AvgIpc) is 2.92. The molecule has 0 unspecified atom stereocenters. The zero-order chi connectivity index (χ0) is 21.5. The van der Waals surface area contributed by atoms with E-state index in [-0.39, 0.29) is 5.56 Å². The Morgan fingerprint density at radius 2 is 1.73 bits per heavy atom. The Kier molecular flexibility index (Phi) is 5.00. The topological polar surface area (TPSA) is 57.6 Å². The number of nitrogens with zero attached hydrogens (tertiary/aromatic N) is 1. The standard InChI is InChI=1S/C25H22FNO3/c1-16-7-8-19(17(2)13-16)15-27-22-6-4-3-5-21(22)25(30,24(27)29)14-23(28)18-9-11-20(26)12-10-18/h3-13,30H,14-15H2,1-2H3/t25-/m1/s1. The quantitative estimate of drug-likeness (QED) is 0.641. The summed E-state index contributed by atoms with van der Waals surface area (Å²) in [6.45, 7) is 4.29. The van der Waals surface area contributed by atoms with Crippen molar-refractivity contribution >= 4 is 17.4 Å². The van der Waals surface area contributed by atoms with Crippen LogP contribution in [0.25, 0.3) is 0 Å². The molecule has 0 saturated heterocycles. The Morgan fingerprint density at radius 1 is 1.03 bits per heavy atom. The number of carbonyl (C=O) groups is 2. The van der Waals surface area contributed by atoms with Crippen molar-refractivity contribution in [2.24, 2.45) is 0 Å². The molecule has 0 fully saturated rings. The number of aryl methyl sites for hydroxylation is 2. The van der Waals surface area contributed by atoms with E-state index in [1.165, 1.54) is 29.2 Å². The third kappa shape index (κ3) is 3.42. The third-order valence-electron chi connectivity index (χ3n) is 5.65. The summed E-state index contributed by atoms with van der Waals surface area (Å²) in [4.78, 5) is 27.7. The monoisotopic (exact) mass is 403 g/mol. The van der Waals surface area contributed by atoms with Crippen LogP contribution >= 0.6 is 0 Å². The van der Waals surface area contributed by atoms with Crippen LogP contribution in [0.3, 0.4) is 0 Å². The van der Waals surface area contributed by atoms with Gasteiger partial charge >= 0.3 is 0 Å². The number of amides is 1. The van der Waals surface area contributed by atoms with Gasteiger partial charge < -0.3 is 10.0 Å². The maximum atomic E-state index is 13.4. The van der Waals surface area contributed by atoms with Crippen molar-refractivity contribution in [2.75, 3.05) is 4.90 Å². The Morgan fingerprint density at radius 3 is 2.43 bits per heavy atom. The summed E-state index contributed by atoms with van der Waals surface area (Å²) >= 11 is 0. The average molecular weight is 403 g/mol. The van der Waals surface area contributed by atoms with Crippen molar-refractivity contribution in [2.45, 2.75) is 32.4 Å². The molecule has 1 atom stereocenters. The van der Waals surface area contributed by atoms with E-state index in [0.717, 1.165) is 16.7 Å². The van der Waals surface area contributed by atoms with Gasteiger partial charge in [0.1, 0.15) is 5.82 Å². The predicted molar refractivity (Wildman–Crippen MR) is 113 cm³/mol. The van der Waals surface area contributed by atoms with Gasteiger partial charge in [-0.3, -0.25) is 9.59 Å². The number of halogens is 1. The maximum absolute atomic E-state index is 13.4. The second kappa shape index (κ2) is 7.50. The maximum Gasteiger partial charge on any atom is 0.264 e. The van der Waals surface area contributed by atoms with Crippen LogP contribution in [0.15, 0.2) is 66.7 Å².